The highest BCUT2D eigenvalue weighted by Crippen LogP contribution is 2.27. The second-order valence-corrected chi connectivity index (χ2v) is 5.43. The van der Waals surface area contributed by atoms with E-state index in [1.54, 1.807) is 31.2 Å². The summed E-state index contributed by atoms with van der Waals surface area (Å²) in [6.45, 7) is 1.74. The van der Waals surface area contributed by atoms with Gasteiger partial charge in [0, 0.05) is 16.5 Å². The summed E-state index contributed by atoms with van der Waals surface area (Å²) < 4.78 is 11.7. The highest BCUT2D eigenvalue weighted by molar-refractivity contribution is 7.56. The Bertz CT molecular complexity index is 701. The van der Waals surface area contributed by atoms with Crippen molar-refractivity contribution in [1.29, 1.82) is 0 Å². The molecule has 2 rings (SSSR count). The third-order valence-electron chi connectivity index (χ3n) is 2.92. The lowest BCUT2D eigenvalue weighted by Crippen LogP contribution is -2.00. The van der Waals surface area contributed by atoms with Crippen molar-refractivity contribution < 1.29 is 4.21 Å². The van der Waals surface area contributed by atoms with E-state index in [-0.39, 0.29) is 15.9 Å². The summed E-state index contributed by atoms with van der Waals surface area (Å²) in [7, 11) is 0. The number of aromatic nitrogens is 1. The van der Waals surface area contributed by atoms with Crippen LogP contribution in [0.1, 0.15) is 16.7 Å². The summed E-state index contributed by atoms with van der Waals surface area (Å²) in [6.07, 6.45) is 1.81. The van der Waals surface area contributed by atoms with Crippen LogP contribution in [0.5, 0.6) is 0 Å². The average molecular weight is 315 g/mol. The molecule has 0 N–H and O–H groups in total. The summed E-state index contributed by atoms with van der Waals surface area (Å²) >= 11 is 12.4. The molecule has 2 aromatic rings. The molecule has 0 unspecified atom stereocenters. The van der Waals surface area contributed by atoms with Gasteiger partial charge in [-0.1, -0.05) is 29.3 Å². The maximum atomic E-state index is 11.5. The quantitative estimate of drug-likeness (QED) is 0.792. The molecule has 1 aromatic carbocycles. The van der Waals surface area contributed by atoms with Gasteiger partial charge in [-0.25, -0.2) is 4.21 Å². The third-order valence-corrected chi connectivity index (χ3v) is 4.27. The van der Waals surface area contributed by atoms with Gasteiger partial charge >= 0.3 is 0 Å². The molecule has 19 heavy (non-hydrogen) atoms. The van der Waals surface area contributed by atoms with Gasteiger partial charge < -0.3 is 9.94 Å². The minimum atomic E-state index is 0.153. The highest BCUT2D eigenvalue weighted by Gasteiger charge is 2.09. The van der Waals surface area contributed by atoms with Crippen molar-refractivity contribution in [3.8, 4) is 0 Å². The van der Waals surface area contributed by atoms with Gasteiger partial charge in [0.2, 0.25) is 0 Å². The highest BCUT2D eigenvalue weighted by atomic mass is 35.5. The maximum absolute atomic E-state index is 11.5. The lowest BCUT2D eigenvalue weighted by molar-refractivity contribution is 0.698. The number of hydrogen-bond donors (Lipinski definition) is 0. The second kappa shape index (κ2) is 5.82. The Labute approximate surface area is 124 Å². The Morgan fingerprint density at radius 3 is 2.47 bits per heavy atom. The lowest BCUT2D eigenvalue weighted by Gasteiger charge is -2.15. The summed E-state index contributed by atoms with van der Waals surface area (Å²) in [4.78, 5) is 0. The van der Waals surface area contributed by atoms with E-state index in [4.69, 9.17) is 23.2 Å². The molecule has 0 spiro atoms. The molecule has 1 heterocycles. The van der Waals surface area contributed by atoms with Gasteiger partial charge in [0.25, 0.3) is 0 Å². The number of pyridine rings is 1. The van der Waals surface area contributed by atoms with Crippen molar-refractivity contribution in [2.75, 3.05) is 0 Å². The number of hydrogen-bond acceptors (Lipinski definition) is 2. The molecule has 0 radical (unpaired) electrons. The summed E-state index contributed by atoms with van der Waals surface area (Å²) in [6, 6.07) is 6.98. The van der Waals surface area contributed by atoms with Crippen LogP contribution in [0.15, 0.2) is 30.5 Å². The Kier molecular flexibility index (Phi) is 4.34. The zero-order chi connectivity index (χ0) is 14.0. The first-order chi connectivity index (χ1) is 9.04. The van der Waals surface area contributed by atoms with Crippen molar-refractivity contribution in [1.82, 2.24) is 4.73 Å². The zero-order valence-corrected chi connectivity index (χ0v) is 12.4. The van der Waals surface area contributed by atoms with Crippen LogP contribution in [0.4, 0.5) is 0 Å². The molecule has 0 saturated carbocycles. The molecule has 0 saturated heterocycles. The van der Waals surface area contributed by atoms with Crippen LogP contribution in [0, 0.1) is 16.8 Å². The molecule has 0 aliphatic carbocycles. The van der Waals surface area contributed by atoms with E-state index in [2.05, 4.69) is 0 Å². The maximum Gasteiger partial charge on any atom is 0.134 e. The Balaban J connectivity index is 2.54. The molecule has 6 heteroatoms. The fourth-order valence-corrected chi connectivity index (χ4v) is 2.76. The Morgan fingerprint density at radius 2 is 1.89 bits per heavy atom. The van der Waals surface area contributed by atoms with Crippen LogP contribution < -0.4 is 0 Å². The topological polar surface area (TPSA) is 45.1 Å². The van der Waals surface area contributed by atoms with Gasteiger partial charge in [-0.05, 0) is 48.0 Å². The van der Waals surface area contributed by atoms with Gasteiger partial charge in [-0.3, -0.25) is 0 Å². The van der Waals surface area contributed by atoms with Crippen LogP contribution in [-0.2, 0) is 17.7 Å². The summed E-state index contributed by atoms with van der Waals surface area (Å²) in [5.74, 6) is 0. The predicted molar refractivity (Wildman–Crippen MR) is 78.6 cm³/mol. The molecule has 3 nitrogen and oxygen atoms in total. The standard InChI is InChI=1S/C13H10Cl2NO2S/c1-8-9(5-6-16(17)13(8)19-18)7-10-11(14)3-2-4-12(10)15/h2-6H,7H2,1H3/q-1. The lowest BCUT2D eigenvalue weighted by atomic mass is 10.0. The fraction of sp³-hybridized carbons (Fsp3) is 0.154. The second-order valence-electron chi connectivity index (χ2n) is 4.06. The first-order valence-electron chi connectivity index (χ1n) is 5.49. The van der Waals surface area contributed by atoms with Crippen molar-refractivity contribution in [3.05, 3.63) is 67.0 Å². The first kappa shape index (κ1) is 14.2. The largest absolute Gasteiger partial charge is 0.805 e. The molecular weight excluding hydrogens is 305 g/mol. The van der Waals surface area contributed by atoms with Crippen molar-refractivity contribution >= 4 is 34.5 Å². The number of halogens is 2. The monoisotopic (exact) mass is 314 g/mol. The van der Waals surface area contributed by atoms with E-state index in [0.717, 1.165) is 11.1 Å². The molecule has 0 bridgehead atoms. The molecule has 100 valence electrons. The van der Waals surface area contributed by atoms with Crippen LogP contribution >= 0.6 is 23.2 Å². The summed E-state index contributed by atoms with van der Waals surface area (Å²) in [5.41, 5.74) is 2.31. The number of nitrogens with zero attached hydrogens (tertiary/aromatic N) is 1. The van der Waals surface area contributed by atoms with Crippen molar-refractivity contribution in [2.45, 2.75) is 13.3 Å². The van der Waals surface area contributed by atoms with Gasteiger partial charge in [0.05, 0.1) is 0 Å². The normalized spacial score (nSPS) is 10.5. The first-order valence-corrected chi connectivity index (χ1v) is 6.98. The number of benzene rings is 1. The van der Waals surface area contributed by atoms with Crippen LogP contribution in [0.3, 0.4) is 0 Å². The third kappa shape index (κ3) is 2.86. The Hall–Kier alpha value is -1.23. The molecule has 0 fully saturated rings. The average Bonchev–Trinajstić information content (AvgIpc) is 2.37. The smallest absolute Gasteiger partial charge is 0.134 e. The van der Waals surface area contributed by atoms with E-state index in [1.807, 2.05) is 0 Å². The van der Waals surface area contributed by atoms with E-state index >= 15 is 0 Å². The molecule has 1 aromatic heterocycles. The zero-order valence-electron chi connectivity index (χ0n) is 10.0. The fourth-order valence-electron chi connectivity index (χ4n) is 1.84. The van der Waals surface area contributed by atoms with E-state index in [9.17, 15) is 9.42 Å². The van der Waals surface area contributed by atoms with E-state index in [1.165, 1.54) is 6.20 Å². The van der Waals surface area contributed by atoms with Gasteiger partial charge in [-0.2, -0.15) is 0 Å². The van der Waals surface area contributed by atoms with Crippen molar-refractivity contribution in [2.24, 2.45) is 0 Å². The molecule has 0 amide bonds. The minimum Gasteiger partial charge on any atom is -0.805 e. The van der Waals surface area contributed by atoms with E-state index in [0.29, 0.717) is 26.8 Å². The van der Waals surface area contributed by atoms with Crippen LogP contribution in [0.2, 0.25) is 10.0 Å². The van der Waals surface area contributed by atoms with Crippen LogP contribution in [-0.4, -0.2) is 8.94 Å². The van der Waals surface area contributed by atoms with Gasteiger partial charge in [-0.15, -0.1) is 0 Å². The molecule has 0 aliphatic rings. The molecular formula is C13H10Cl2NO2S-. The van der Waals surface area contributed by atoms with Crippen LogP contribution in [0.25, 0.3) is 0 Å². The minimum absolute atomic E-state index is 0.153. The Morgan fingerprint density at radius 1 is 1.26 bits per heavy atom. The molecule has 0 aliphatic heterocycles. The van der Waals surface area contributed by atoms with E-state index < -0.39 is 0 Å². The predicted octanol–water partition coefficient (Wildman–Crippen LogP) is 3.79. The van der Waals surface area contributed by atoms with Gasteiger partial charge in [0.15, 0.2) is 0 Å². The number of rotatable bonds is 2. The van der Waals surface area contributed by atoms with Crippen molar-refractivity contribution in [3.63, 3.8) is 0 Å². The molecule has 0 atom stereocenters. The summed E-state index contributed by atoms with van der Waals surface area (Å²) in [5, 5.41) is 12.6. The SMILES string of the molecule is Cc1c(Cc2c(Cl)cccc2Cl)ccn([O-])c1=S=O. The van der Waals surface area contributed by atoms with Gasteiger partial charge in [0.1, 0.15) is 15.9 Å².